The topological polar surface area (TPSA) is 111 Å². The van der Waals surface area contributed by atoms with E-state index in [4.69, 9.17) is 4.74 Å². The van der Waals surface area contributed by atoms with Gasteiger partial charge in [-0.3, -0.25) is 14.4 Å². The molecule has 3 heterocycles. The zero-order valence-electron chi connectivity index (χ0n) is 25.7. The highest BCUT2D eigenvalue weighted by Crippen LogP contribution is 2.67. The highest BCUT2D eigenvalue weighted by molar-refractivity contribution is 8.02. The third kappa shape index (κ3) is 5.59. The second-order valence-electron chi connectivity index (χ2n) is 12.0. The predicted molar refractivity (Wildman–Crippen MR) is 172 cm³/mol. The number of benzene rings is 2. The minimum absolute atomic E-state index is 0.0610. The van der Waals surface area contributed by atoms with Crippen molar-refractivity contribution in [2.45, 2.75) is 69.5 Å². The van der Waals surface area contributed by atoms with Crippen LogP contribution in [-0.2, 0) is 14.4 Å². The molecule has 3 fully saturated rings. The quantitative estimate of drug-likeness (QED) is 0.323. The number of amides is 3. The molecule has 2 aromatic carbocycles. The maximum atomic E-state index is 14.3. The van der Waals surface area contributed by atoms with Gasteiger partial charge in [-0.15, -0.1) is 11.8 Å². The highest BCUT2D eigenvalue weighted by atomic mass is 32.2. The van der Waals surface area contributed by atoms with Gasteiger partial charge < -0.3 is 30.3 Å². The summed E-state index contributed by atoms with van der Waals surface area (Å²) < 4.78 is 4.78. The first-order valence-corrected chi connectivity index (χ1v) is 16.4. The molecule has 10 heteroatoms. The van der Waals surface area contributed by atoms with Crippen LogP contribution in [0.4, 0.5) is 17.1 Å². The van der Waals surface area contributed by atoms with E-state index in [9.17, 15) is 19.5 Å². The van der Waals surface area contributed by atoms with Crippen LogP contribution >= 0.6 is 11.8 Å². The zero-order valence-corrected chi connectivity index (χ0v) is 26.5. The van der Waals surface area contributed by atoms with Gasteiger partial charge in [-0.2, -0.15) is 0 Å². The molecule has 1 spiro atoms. The fourth-order valence-corrected chi connectivity index (χ4v) is 9.46. The monoisotopic (exact) mass is 608 g/mol. The molecule has 9 nitrogen and oxygen atoms in total. The number of ether oxygens (including phenoxy) is 1. The van der Waals surface area contributed by atoms with Crippen molar-refractivity contribution in [1.82, 2.24) is 4.90 Å². The Kier molecular flexibility index (Phi) is 9.27. The van der Waals surface area contributed by atoms with Crippen molar-refractivity contribution in [3.05, 3.63) is 48.5 Å². The molecule has 2 aromatic rings. The van der Waals surface area contributed by atoms with E-state index in [2.05, 4.69) is 29.4 Å². The molecule has 5 rings (SSSR count). The average Bonchev–Trinajstić information content (AvgIpc) is 3.63. The molecule has 3 aliphatic heterocycles. The summed E-state index contributed by atoms with van der Waals surface area (Å²) in [7, 11) is 0. The summed E-state index contributed by atoms with van der Waals surface area (Å²) in [6.45, 7) is 12.1. The summed E-state index contributed by atoms with van der Waals surface area (Å²) in [5.41, 5.74) is 2.36. The van der Waals surface area contributed by atoms with E-state index in [1.54, 1.807) is 28.8 Å². The van der Waals surface area contributed by atoms with Gasteiger partial charge in [0.05, 0.1) is 35.8 Å². The summed E-state index contributed by atoms with van der Waals surface area (Å²) in [6.07, 6.45) is 1.41. The number of fused-ring (bicyclic) bond motifs is 1. The van der Waals surface area contributed by atoms with Crippen molar-refractivity contribution < 1.29 is 24.2 Å². The molecule has 3 aliphatic rings. The molecule has 2 unspecified atom stereocenters. The van der Waals surface area contributed by atoms with Crippen LogP contribution in [0.1, 0.15) is 47.5 Å². The van der Waals surface area contributed by atoms with Gasteiger partial charge in [0.2, 0.25) is 17.7 Å². The fourth-order valence-electron chi connectivity index (χ4n) is 7.25. The Balaban J connectivity index is 1.43. The maximum Gasteiger partial charge on any atom is 0.248 e. The number of carbonyl (C=O) groups is 3. The van der Waals surface area contributed by atoms with E-state index in [0.29, 0.717) is 24.4 Å². The lowest BCUT2D eigenvalue weighted by Gasteiger charge is -2.38. The van der Waals surface area contributed by atoms with Crippen LogP contribution in [-0.4, -0.2) is 76.1 Å². The maximum absolute atomic E-state index is 14.3. The van der Waals surface area contributed by atoms with E-state index in [1.165, 1.54) is 0 Å². The zero-order chi connectivity index (χ0) is 30.9. The number of carbonyl (C=O) groups excluding carboxylic acids is 3. The van der Waals surface area contributed by atoms with Gasteiger partial charge in [-0.05, 0) is 88.1 Å². The van der Waals surface area contributed by atoms with Crippen molar-refractivity contribution in [2.24, 2.45) is 17.8 Å². The summed E-state index contributed by atoms with van der Waals surface area (Å²) in [4.78, 5) is 46.2. The van der Waals surface area contributed by atoms with Crippen molar-refractivity contribution in [2.75, 3.05) is 41.8 Å². The van der Waals surface area contributed by atoms with Crippen molar-refractivity contribution >= 4 is 46.5 Å². The van der Waals surface area contributed by atoms with Crippen LogP contribution in [0.15, 0.2) is 48.5 Å². The molecule has 0 aromatic heterocycles. The van der Waals surface area contributed by atoms with Crippen molar-refractivity contribution in [3.63, 3.8) is 0 Å². The Hall–Kier alpha value is -3.24. The normalized spacial score (nSPS) is 26.4. The number of nitrogens with zero attached hydrogens (tertiary/aromatic N) is 2. The van der Waals surface area contributed by atoms with E-state index in [1.807, 2.05) is 57.2 Å². The third-order valence-corrected chi connectivity index (χ3v) is 11.3. The largest absolute Gasteiger partial charge is 0.494 e. The number of thioether (sulfide) groups is 1. The second kappa shape index (κ2) is 12.8. The standard InChI is InChI=1S/C33H44N4O5S/c1-6-36(7-2)23-13-9-21(10-14-23)35-31(40)29-33-18-17-26(43-33)27(28(33)32(41)37(29)25(19-38)20(4)5)30(39)34-22-11-15-24(16-12-22)42-8-3/h9-16,20,25-29,38H,6-8,17-19H2,1-5H3,(H,34,39)(H,35,40)/t25-,26-,27+,28-,29?,33?/m0/s1. The van der Waals surface area contributed by atoms with Gasteiger partial charge in [-0.25, -0.2) is 0 Å². The third-order valence-electron chi connectivity index (χ3n) is 9.30. The van der Waals surface area contributed by atoms with Gasteiger partial charge in [0.1, 0.15) is 11.8 Å². The van der Waals surface area contributed by atoms with E-state index in [-0.39, 0.29) is 35.5 Å². The van der Waals surface area contributed by atoms with Gasteiger partial charge in [0.15, 0.2) is 0 Å². The number of aliphatic hydroxyl groups excluding tert-OH is 1. The Labute approximate surface area is 258 Å². The first-order valence-electron chi connectivity index (χ1n) is 15.5. The summed E-state index contributed by atoms with van der Waals surface area (Å²) >= 11 is 1.62. The van der Waals surface area contributed by atoms with Crippen LogP contribution in [0.5, 0.6) is 5.75 Å². The number of likely N-dealkylation sites (tertiary alicyclic amines) is 1. The molecular formula is C33H44N4O5S. The Morgan fingerprint density at radius 1 is 1.02 bits per heavy atom. The molecule has 3 amide bonds. The number of aliphatic hydroxyl groups is 1. The van der Waals surface area contributed by atoms with E-state index < -0.39 is 28.7 Å². The van der Waals surface area contributed by atoms with Gasteiger partial charge >= 0.3 is 0 Å². The minimum Gasteiger partial charge on any atom is -0.494 e. The number of rotatable bonds is 12. The molecule has 2 bridgehead atoms. The molecule has 43 heavy (non-hydrogen) atoms. The summed E-state index contributed by atoms with van der Waals surface area (Å²) in [5.74, 6) is -1.27. The number of hydrogen-bond donors (Lipinski definition) is 3. The average molecular weight is 609 g/mol. The summed E-state index contributed by atoms with van der Waals surface area (Å²) in [6, 6.07) is 13.6. The number of nitrogens with one attached hydrogen (secondary N) is 2. The molecule has 3 saturated heterocycles. The molecule has 3 N–H and O–H groups in total. The summed E-state index contributed by atoms with van der Waals surface area (Å²) in [5, 5.41) is 16.5. The Bertz CT molecular complexity index is 1320. The van der Waals surface area contributed by atoms with Crippen LogP contribution < -0.4 is 20.3 Å². The Morgan fingerprint density at radius 2 is 1.63 bits per heavy atom. The Morgan fingerprint density at radius 3 is 2.19 bits per heavy atom. The second-order valence-corrected chi connectivity index (χ2v) is 13.6. The lowest BCUT2D eigenvalue weighted by molar-refractivity contribution is -0.142. The molecular weight excluding hydrogens is 564 g/mol. The first kappa shape index (κ1) is 31.2. The molecule has 6 atom stereocenters. The highest BCUT2D eigenvalue weighted by Gasteiger charge is 2.74. The SMILES string of the molecule is CCOc1ccc(NC(=O)[C@@H]2[C@@H]3CCC4(S3)C(C(=O)Nc3ccc(N(CC)CC)cc3)N([C@@H](CO)C(C)C)C(=O)[C@H]24)cc1. The van der Waals surface area contributed by atoms with Gasteiger partial charge in [-0.1, -0.05) is 13.8 Å². The minimum atomic E-state index is -0.801. The van der Waals surface area contributed by atoms with Crippen molar-refractivity contribution in [3.8, 4) is 5.75 Å². The lowest BCUT2D eigenvalue weighted by Crippen LogP contribution is -2.56. The first-order chi connectivity index (χ1) is 20.7. The molecule has 232 valence electrons. The van der Waals surface area contributed by atoms with Crippen LogP contribution in [0.25, 0.3) is 0 Å². The van der Waals surface area contributed by atoms with Crippen LogP contribution in [0.2, 0.25) is 0 Å². The van der Waals surface area contributed by atoms with Crippen LogP contribution in [0, 0.1) is 17.8 Å². The van der Waals surface area contributed by atoms with Gasteiger partial charge in [0, 0.05) is 35.4 Å². The molecule has 0 aliphatic carbocycles. The number of anilines is 3. The predicted octanol–water partition coefficient (Wildman–Crippen LogP) is 4.62. The molecule has 0 radical (unpaired) electrons. The van der Waals surface area contributed by atoms with E-state index in [0.717, 1.165) is 30.9 Å². The van der Waals surface area contributed by atoms with Crippen molar-refractivity contribution in [1.29, 1.82) is 0 Å². The van der Waals surface area contributed by atoms with E-state index >= 15 is 0 Å². The molecule has 0 saturated carbocycles. The lowest BCUT2D eigenvalue weighted by atomic mass is 9.70. The van der Waals surface area contributed by atoms with Gasteiger partial charge in [0.25, 0.3) is 0 Å². The fraction of sp³-hybridized carbons (Fsp3) is 0.545. The smallest absolute Gasteiger partial charge is 0.248 e. The number of hydrogen-bond acceptors (Lipinski definition) is 7. The van der Waals surface area contributed by atoms with Crippen LogP contribution in [0.3, 0.4) is 0 Å².